The van der Waals surface area contributed by atoms with E-state index in [2.05, 4.69) is 5.32 Å². The van der Waals surface area contributed by atoms with Crippen LogP contribution in [0.1, 0.15) is 25.7 Å². The molecule has 1 saturated carbocycles. The quantitative estimate of drug-likeness (QED) is 0.724. The molecule has 0 unspecified atom stereocenters. The van der Waals surface area contributed by atoms with Crippen LogP contribution in [0.3, 0.4) is 0 Å². The second-order valence-electron chi connectivity index (χ2n) is 4.92. The lowest BCUT2D eigenvalue weighted by molar-refractivity contribution is 0.142. The van der Waals surface area contributed by atoms with Gasteiger partial charge >= 0.3 is 0 Å². The highest BCUT2D eigenvalue weighted by molar-refractivity contribution is 6.33. The van der Waals surface area contributed by atoms with Gasteiger partial charge in [-0.15, -0.1) is 0 Å². The molecule has 3 nitrogen and oxygen atoms in total. The maximum atomic E-state index is 9.52. The molecule has 4 N–H and O–H groups in total. The van der Waals surface area contributed by atoms with Gasteiger partial charge in [0.15, 0.2) is 0 Å². The Morgan fingerprint density at radius 1 is 1.35 bits per heavy atom. The van der Waals surface area contributed by atoms with Gasteiger partial charge in [-0.3, -0.25) is 0 Å². The third-order valence-corrected chi connectivity index (χ3v) is 4.04. The number of halogens is 1. The summed E-state index contributed by atoms with van der Waals surface area (Å²) in [5, 5.41) is 13.4. The molecule has 1 aliphatic rings. The van der Waals surface area contributed by atoms with E-state index in [1.165, 1.54) is 12.8 Å². The van der Waals surface area contributed by atoms with Crippen molar-refractivity contribution in [3.05, 3.63) is 23.2 Å². The summed E-state index contributed by atoms with van der Waals surface area (Å²) in [5.41, 5.74) is 7.36. The van der Waals surface area contributed by atoms with E-state index in [4.69, 9.17) is 17.3 Å². The van der Waals surface area contributed by atoms with Crippen LogP contribution >= 0.6 is 11.6 Å². The monoisotopic (exact) mass is 254 g/mol. The van der Waals surface area contributed by atoms with Crippen molar-refractivity contribution in [2.75, 3.05) is 24.2 Å². The minimum Gasteiger partial charge on any atom is -0.396 e. The summed E-state index contributed by atoms with van der Waals surface area (Å²) < 4.78 is 0. The smallest absolute Gasteiger partial charge is 0.0739 e. The molecule has 1 aromatic carbocycles. The SMILES string of the molecule is Nc1c(Cl)cccc1NCC1(CO)CCCC1. The van der Waals surface area contributed by atoms with E-state index in [0.717, 1.165) is 25.1 Å². The van der Waals surface area contributed by atoms with E-state index in [0.29, 0.717) is 10.7 Å². The van der Waals surface area contributed by atoms with Crippen molar-refractivity contribution in [3.8, 4) is 0 Å². The van der Waals surface area contributed by atoms with Crippen molar-refractivity contribution < 1.29 is 5.11 Å². The summed E-state index contributed by atoms with van der Waals surface area (Å²) in [5.74, 6) is 0. The van der Waals surface area contributed by atoms with Gasteiger partial charge < -0.3 is 16.2 Å². The Kier molecular flexibility index (Phi) is 3.79. The Morgan fingerprint density at radius 3 is 2.71 bits per heavy atom. The zero-order chi connectivity index (χ0) is 12.3. The topological polar surface area (TPSA) is 58.3 Å². The predicted molar refractivity (Wildman–Crippen MR) is 72.3 cm³/mol. The van der Waals surface area contributed by atoms with Crippen LogP contribution in [-0.2, 0) is 0 Å². The molecule has 17 heavy (non-hydrogen) atoms. The van der Waals surface area contributed by atoms with Crippen LogP contribution in [0, 0.1) is 5.41 Å². The fourth-order valence-corrected chi connectivity index (χ4v) is 2.66. The van der Waals surface area contributed by atoms with E-state index >= 15 is 0 Å². The number of nitrogens with one attached hydrogen (secondary N) is 1. The van der Waals surface area contributed by atoms with Gasteiger partial charge in [-0.1, -0.05) is 30.5 Å². The van der Waals surface area contributed by atoms with Crippen LogP contribution in [0.2, 0.25) is 5.02 Å². The fraction of sp³-hybridized carbons (Fsp3) is 0.538. The van der Waals surface area contributed by atoms with Crippen molar-refractivity contribution >= 4 is 23.0 Å². The molecule has 0 aliphatic heterocycles. The Labute approximate surface area is 107 Å². The summed E-state index contributed by atoms with van der Waals surface area (Å²) >= 11 is 5.96. The summed E-state index contributed by atoms with van der Waals surface area (Å²) in [6, 6.07) is 5.57. The maximum Gasteiger partial charge on any atom is 0.0739 e. The van der Waals surface area contributed by atoms with Crippen LogP contribution in [0.4, 0.5) is 11.4 Å². The summed E-state index contributed by atoms with van der Waals surface area (Å²) in [6.07, 6.45) is 4.56. The van der Waals surface area contributed by atoms with Gasteiger partial charge in [-0.25, -0.2) is 0 Å². The van der Waals surface area contributed by atoms with E-state index in [1.54, 1.807) is 6.07 Å². The molecule has 1 aliphatic carbocycles. The Morgan fingerprint density at radius 2 is 2.06 bits per heavy atom. The number of anilines is 2. The highest BCUT2D eigenvalue weighted by Crippen LogP contribution is 2.38. The predicted octanol–water partition coefficient (Wildman–Crippen LogP) is 2.89. The number of hydrogen-bond acceptors (Lipinski definition) is 3. The molecule has 0 heterocycles. The molecule has 0 amide bonds. The largest absolute Gasteiger partial charge is 0.396 e. The molecule has 0 aromatic heterocycles. The molecule has 94 valence electrons. The van der Waals surface area contributed by atoms with Crippen molar-refractivity contribution in [1.29, 1.82) is 0 Å². The first-order chi connectivity index (χ1) is 8.17. The fourth-order valence-electron chi connectivity index (χ4n) is 2.49. The van der Waals surface area contributed by atoms with Crippen LogP contribution < -0.4 is 11.1 Å². The minimum atomic E-state index is 0.0226. The van der Waals surface area contributed by atoms with Crippen molar-refractivity contribution in [1.82, 2.24) is 0 Å². The summed E-state index contributed by atoms with van der Waals surface area (Å²) in [4.78, 5) is 0. The van der Waals surface area contributed by atoms with Crippen LogP contribution in [0.5, 0.6) is 0 Å². The molecular formula is C13H19ClN2O. The first kappa shape index (κ1) is 12.5. The number of aliphatic hydroxyl groups excluding tert-OH is 1. The maximum absolute atomic E-state index is 9.52. The average Bonchev–Trinajstić information content (AvgIpc) is 2.81. The van der Waals surface area contributed by atoms with Gasteiger partial charge in [-0.05, 0) is 25.0 Å². The number of benzene rings is 1. The molecule has 0 bridgehead atoms. The molecule has 0 radical (unpaired) electrons. The molecule has 0 atom stereocenters. The molecule has 4 heteroatoms. The van der Waals surface area contributed by atoms with Gasteiger partial charge in [0.1, 0.15) is 0 Å². The highest BCUT2D eigenvalue weighted by Gasteiger charge is 2.32. The number of aliphatic hydroxyl groups is 1. The van der Waals surface area contributed by atoms with Crippen LogP contribution in [-0.4, -0.2) is 18.3 Å². The lowest BCUT2D eigenvalue weighted by Crippen LogP contribution is -2.30. The average molecular weight is 255 g/mol. The van der Waals surface area contributed by atoms with Crippen molar-refractivity contribution in [3.63, 3.8) is 0 Å². The van der Waals surface area contributed by atoms with E-state index < -0.39 is 0 Å². The van der Waals surface area contributed by atoms with Gasteiger partial charge in [0.2, 0.25) is 0 Å². The van der Waals surface area contributed by atoms with Gasteiger partial charge in [0.05, 0.1) is 23.0 Å². The highest BCUT2D eigenvalue weighted by atomic mass is 35.5. The van der Waals surface area contributed by atoms with Crippen LogP contribution in [0.15, 0.2) is 18.2 Å². The number of nitrogens with two attached hydrogens (primary N) is 1. The number of rotatable bonds is 4. The number of nitrogen functional groups attached to an aromatic ring is 1. The zero-order valence-corrected chi connectivity index (χ0v) is 10.6. The van der Waals surface area contributed by atoms with E-state index in [9.17, 15) is 5.11 Å². The number of hydrogen-bond donors (Lipinski definition) is 3. The van der Waals surface area contributed by atoms with Crippen molar-refractivity contribution in [2.24, 2.45) is 5.41 Å². The number of para-hydroxylation sites is 1. The Balaban J connectivity index is 2.04. The van der Waals surface area contributed by atoms with E-state index in [1.807, 2.05) is 12.1 Å². The third kappa shape index (κ3) is 2.67. The Bertz CT molecular complexity index is 389. The molecule has 0 saturated heterocycles. The lowest BCUT2D eigenvalue weighted by atomic mass is 9.87. The van der Waals surface area contributed by atoms with E-state index in [-0.39, 0.29) is 12.0 Å². The van der Waals surface area contributed by atoms with Gasteiger partial charge in [-0.2, -0.15) is 0 Å². The standard InChI is InChI=1S/C13H19ClN2O/c14-10-4-3-5-11(12(10)15)16-8-13(9-17)6-1-2-7-13/h3-5,16-17H,1-2,6-9,15H2. The second-order valence-corrected chi connectivity index (χ2v) is 5.33. The Hall–Kier alpha value is -0.930. The summed E-state index contributed by atoms with van der Waals surface area (Å²) in [7, 11) is 0. The molecule has 1 fully saturated rings. The molecule has 0 spiro atoms. The molecule has 2 rings (SSSR count). The first-order valence-electron chi connectivity index (χ1n) is 6.06. The molecular weight excluding hydrogens is 236 g/mol. The van der Waals surface area contributed by atoms with Gasteiger partial charge in [0, 0.05) is 12.0 Å². The zero-order valence-electron chi connectivity index (χ0n) is 9.88. The van der Waals surface area contributed by atoms with Crippen molar-refractivity contribution in [2.45, 2.75) is 25.7 Å². The lowest BCUT2D eigenvalue weighted by Gasteiger charge is -2.27. The first-order valence-corrected chi connectivity index (χ1v) is 6.43. The third-order valence-electron chi connectivity index (χ3n) is 3.71. The second kappa shape index (κ2) is 5.15. The van der Waals surface area contributed by atoms with Crippen LogP contribution in [0.25, 0.3) is 0 Å². The minimum absolute atomic E-state index is 0.0226. The normalized spacial score (nSPS) is 18.2. The summed E-state index contributed by atoms with van der Waals surface area (Å²) in [6.45, 7) is 0.995. The molecule has 1 aromatic rings. The van der Waals surface area contributed by atoms with Gasteiger partial charge in [0.25, 0.3) is 0 Å².